The first kappa shape index (κ1) is 25.0. The normalized spacial score (nSPS) is 12.8. The van der Waals surface area contributed by atoms with Crippen molar-refractivity contribution in [2.75, 3.05) is 4.72 Å². The van der Waals surface area contributed by atoms with Crippen molar-refractivity contribution >= 4 is 32.5 Å². The van der Waals surface area contributed by atoms with Gasteiger partial charge in [0, 0.05) is 22.8 Å². The van der Waals surface area contributed by atoms with Gasteiger partial charge in [-0.2, -0.15) is 13.2 Å². The molecule has 0 radical (unpaired) electrons. The number of alkyl halides is 3. The molecule has 1 atom stereocenters. The van der Waals surface area contributed by atoms with E-state index in [-0.39, 0.29) is 27.0 Å². The van der Waals surface area contributed by atoms with Gasteiger partial charge in [-0.25, -0.2) is 8.42 Å². The maximum Gasteiger partial charge on any atom is 0.416 e. The van der Waals surface area contributed by atoms with Gasteiger partial charge in [0.2, 0.25) is 5.43 Å². The Morgan fingerprint density at radius 2 is 1.69 bits per heavy atom. The number of aromatic nitrogens is 1. The highest BCUT2D eigenvalue weighted by Gasteiger charge is 2.31. The van der Waals surface area contributed by atoms with E-state index >= 15 is 0 Å². The minimum Gasteiger partial charge on any atom is -0.360 e. The molecule has 0 aliphatic carbocycles. The van der Waals surface area contributed by atoms with E-state index in [0.29, 0.717) is 6.07 Å². The predicted octanol–water partition coefficient (Wildman–Crippen LogP) is 4.84. The highest BCUT2D eigenvalue weighted by atomic mass is 32.2. The molecule has 0 aliphatic rings. The zero-order chi connectivity index (χ0) is 26.1. The van der Waals surface area contributed by atoms with E-state index in [1.807, 2.05) is 30.3 Å². The molecule has 3 N–H and O–H groups in total. The highest BCUT2D eigenvalue weighted by molar-refractivity contribution is 7.92. The van der Waals surface area contributed by atoms with Crippen LogP contribution in [0.5, 0.6) is 0 Å². The number of anilines is 1. The van der Waals surface area contributed by atoms with E-state index in [1.165, 1.54) is 24.4 Å². The summed E-state index contributed by atoms with van der Waals surface area (Å²) in [4.78, 5) is 28.3. The molecular weight excluding hydrogens is 495 g/mol. The number of halogens is 3. The van der Waals surface area contributed by atoms with Crippen molar-refractivity contribution in [1.82, 2.24) is 10.3 Å². The monoisotopic (exact) mass is 515 g/mol. The van der Waals surface area contributed by atoms with Gasteiger partial charge in [0.05, 0.1) is 16.5 Å². The van der Waals surface area contributed by atoms with Crippen LogP contribution in [0.2, 0.25) is 0 Å². The molecule has 0 fully saturated rings. The average Bonchev–Trinajstić information content (AvgIpc) is 2.84. The first-order valence-electron chi connectivity index (χ1n) is 10.7. The van der Waals surface area contributed by atoms with E-state index < -0.39 is 39.1 Å². The maximum atomic E-state index is 13.1. The van der Waals surface area contributed by atoms with E-state index in [4.69, 9.17) is 0 Å². The molecule has 0 saturated carbocycles. The number of nitrogens with one attached hydrogen (secondary N) is 3. The molecule has 1 heterocycles. The number of hydrogen-bond donors (Lipinski definition) is 3. The molecule has 0 aliphatic heterocycles. The molecular formula is C25H20F3N3O4S. The van der Waals surface area contributed by atoms with Crippen LogP contribution in [0.4, 0.5) is 18.9 Å². The molecule has 3 aromatic carbocycles. The van der Waals surface area contributed by atoms with Crippen LogP contribution in [-0.2, 0) is 16.2 Å². The second-order valence-corrected chi connectivity index (χ2v) is 9.71. The Morgan fingerprint density at radius 1 is 0.972 bits per heavy atom. The summed E-state index contributed by atoms with van der Waals surface area (Å²) < 4.78 is 66.7. The lowest BCUT2D eigenvalue weighted by molar-refractivity contribution is -0.137. The van der Waals surface area contributed by atoms with E-state index in [0.717, 1.165) is 23.8 Å². The second-order valence-electron chi connectivity index (χ2n) is 8.03. The summed E-state index contributed by atoms with van der Waals surface area (Å²) in [5.74, 6) is -0.648. The molecule has 11 heteroatoms. The number of benzene rings is 3. The van der Waals surface area contributed by atoms with Crippen molar-refractivity contribution < 1.29 is 26.4 Å². The van der Waals surface area contributed by atoms with Crippen LogP contribution < -0.4 is 15.5 Å². The molecule has 7 nitrogen and oxygen atoms in total. The molecule has 4 rings (SSSR count). The fraction of sp³-hybridized carbons (Fsp3) is 0.120. The first-order valence-corrected chi connectivity index (χ1v) is 12.2. The van der Waals surface area contributed by atoms with Crippen molar-refractivity contribution in [3.63, 3.8) is 0 Å². The third-order valence-electron chi connectivity index (χ3n) is 5.50. The third-order valence-corrected chi connectivity index (χ3v) is 6.88. The van der Waals surface area contributed by atoms with Crippen LogP contribution in [-0.4, -0.2) is 19.3 Å². The van der Waals surface area contributed by atoms with Gasteiger partial charge < -0.3 is 10.3 Å². The number of sulfonamides is 1. The number of pyridine rings is 1. The summed E-state index contributed by atoms with van der Waals surface area (Å²) in [7, 11) is -4.34. The summed E-state index contributed by atoms with van der Waals surface area (Å²) in [5.41, 5.74) is -1.11. The number of hydrogen-bond acceptors (Lipinski definition) is 4. The molecule has 0 bridgehead atoms. The van der Waals surface area contributed by atoms with Crippen LogP contribution in [0.25, 0.3) is 10.9 Å². The minimum absolute atomic E-state index is 0.0677. The van der Waals surface area contributed by atoms with Gasteiger partial charge in [0.15, 0.2) is 0 Å². The first-order chi connectivity index (χ1) is 17.0. The number of H-pyrrole nitrogens is 1. The third kappa shape index (κ3) is 5.25. The Kier molecular flexibility index (Phi) is 6.59. The summed E-state index contributed by atoms with van der Waals surface area (Å²) in [6, 6.07) is 16.1. The second kappa shape index (κ2) is 9.50. The predicted molar refractivity (Wildman–Crippen MR) is 129 cm³/mol. The fourth-order valence-electron chi connectivity index (χ4n) is 3.61. The molecule has 0 saturated heterocycles. The standard InChI is InChI=1S/C25H20F3N3O4S/c1-15(16-6-3-2-4-7-16)30-24(33)21-14-29-22-11-10-19(13-20(22)23(21)32)36(34,35)31-18-9-5-8-17(12-18)25(26,27)28/h2-15,31H,1H3,(H,29,32)(H,30,33)/t15-/m1/s1. The highest BCUT2D eigenvalue weighted by Crippen LogP contribution is 2.31. The van der Waals surface area contributed by atoms with Gasteiger partial charge in [-0.05, 0) is 48.9 Å². The maximum absolute atomic E-state index is 13.1. The lowest BCUT2D eigenvalue weighted by atomic mass is 10.1. The van der Waals surface area contributed by atoms with Crippen LogP contribution >= 0.6 is 0 Å². The largest absolute Gasteiger partial charge is 0.416 e. The molecule has 1 amide bonds. The van der Waals surface area contributed by atoms with Crippen molar-refractivity contribution in [3.05, 3.63) is 106 Å². The van der Waals surface area contributed by atoms with Crippen molar-refractivity contribution in [2.45, 2.75) is 24.0 Å². The lowest BCUT2D eigenvalue weighted by Gasteiger charge is -2.14. The molecule has 0 unspecified atom stereocenters. The zero-order valence-electron chi connectivity index (χ0n) is 18.8. The number of carbonyl (C=O) groups excluding carboxylic acids is 1. The van der Waals surface area contributed by atoms with Crippen LogP contribution in [0, 0.1) is 0 Å². The van der Waals surface area contributed by atoms with Gasteiger partial charge in [-0.3, -0.25) is 14.3 Å². The van der Waals surface area contributed by atoms with Crippen molar-refractivity contribution in [2.24, 2.45) is 0 Å². The molecule has 186 valence electrons. The summed E-state index contributed by atoms with van der Waals surface area (Å²) in [6.07, 6.45) is -3.40. The topological polar surface area (TPSA) is 108 Å². The molecule has 36 heavy (non-hydrogen) atoms. The molecule has 1 aromatic heterocycles. The Hall–Kier alpha value is -4.12. The van der Waals surface area contributed by atoms with Crippen LogP contribution in [0.3, 0.4) is 0 Å². The van der Waals surface area contributed by atoms with Gasteiger partial charge in [-0.1, -0.05) is 36.4 Å². The quantitative estimate of drug-likeness (QED) is 0.342. The molecule has 0 spiro atoms. The summed E-state index contributed by atoms with van der Waals surface area (Å²) >= 11 is 0. The van der Waals surface area contributed by atoms with Gasteiger partial charge in [0.1, 0.15) is 5.56 Å². The Labute approximate surface area is 204 Å². The van der Waals surface area contributed by atoms with Crippen molar-refractivity contribution in [1.29, 1.82) is 0 Å². The SMILES string of the molecule is C[C@@H](NC(=O)c1c[nH]c2ccc(S(=O)(=O)Nc3cccc(C(F)(F)F)c3)cc2c1=O)c1ccccc1. The number of aromatic amines is 1. The average molecular weight is 516 g/mol. The Balaban J connectivity index is 1.64. The van der Waals surface area contributed by atoms with Crippen LogP contribution in [0.1, 0.15) is 34.5 Å². The fourth-order valence-corrected chi connectivity index (χ4v) is 4.68. The van der Waals surface area contributed by atoms with Crippen LogP contribution in [0.15, 0.2) is 88.7 Å². The number of fused-ring (bicyclic) bond motifs is 1. The Morgan fingerprint density at radius 3 is 2.39 bits per heavy atom. The summed E-state index contributed by atoms with van der Waals surface area (Å²) in [5, 5.41) is 2.66. The van der Waals surface area contributed by atoms with Crippen molar-refractivity contribution in [3.8, 4) is 0 Å². The van der Waals surface area contributed by atoms with E-state index in [1.54, 1.807) is 6.92 Å². The molecule has 4 aromatic rings. The zero-order valence-corrected chi connectivity index (χ0v) is 19.6. The van der Waals surface area contributed by atoms with E-state index in [9.17, 15) is 31.2 Å². The summed E-state index contributed by atoms with van der Waals surface area (Å²) in [6.45, 7) is 1.76. The Bertz CT molecular complexity index is 1600. The smallest absolute Gasteiger partial charge is 0.360 e. The minimum atomic E-state index is -4.65. The van der Waals surface area contributed by atoms with Gasteiger partial charge >= 0.3 is 6.18 Å². The van der Waals surface area contributed by atoms with Gasteiger partial charge in [-0.15, -0.1) is 0 Å². The number of carbonyl (C=O) groups is 1. The van der Waals surface area contributed by atoms with E-state index in [2.05, 4.69) is 15.0 Å². The van der Waals surface area contributed by atoms with Gasteiger partial charge in [0.25, 0.3) is 15.9 Å². The lowest BCUT2D eigenvalue weighted by Crippen LogP contribution is -2.31. The number of amides is 1. The number of rotatable bonds is 6.